The largest absolute Gasteiger partial charge is 0.481 e. The molecule has 10 heavy (non-hydrogen) atoms. The quantitative estimate of drug-likeness (QED) is 0.547. The molecule has 0 aliphatic rings. The van der Waals surface area contributed by atoms with Crippen LogP contribution in [-0.4, -0.2) is 39.8 Å². The van der Waals surface area contributed by atoms with Gasteiger partial charge in [0.1, 0.15) is 5.41 Å². The highest BCUT2D eigenvalue weighted by molar-refractivity contribution is 9.09. The minimum absolute atomic E-state index is 0.0440. The molecule has 5 heteroatoms. The highest BCUT2D eigenvalue weighted by atomic mass is 79.9. The first-order valence-electron chi connectivity index (χ1n) is 2.64. The fourth-order valence-electron chi connectivity index (χ4n) is 0.327. The third-order valence-electron chi connectivity index (χ3n) is 1.31. The molecule has 0 rings (SSSR count). The van der Waals surface area contributed by atoms with Crippen LogP contribution >= 0.6 is 15.9 Å². The topological polar surface area (TPSA) is 77.8 Å². The van der Waals surface area contributed by atoms with Gasteiger partial charge in [-0.05, 0) is 0 Å². The summed E-state index contributed by atoms with van der Waals surface area (Å²) < 4.78 is 0. The number of alkyl halides is 1. The van der Waals surface area contributed by atoms with Crippen LogP contribution < -0.4 is 0 Å². The fraction of sp³-hybridized carbons (Fsp3) is 0.800. The molecule has 0 saturated heterocycles. The van der Waals surface area contributed by atoms with Gasteiger partial charge in [-0.2, -0.15) is 0 Å². The number of hydrogen-bond acceptors (Lipinski definition) is 3. The zero-order valence-electron chi connectivity index (χ0n) is 5.25. The van der Waals surface area contributed by atoms with E-state index in [0.29, 0.717) is 0 Å². The zero-order chi connectivity index (χ0) is 8.20. The van der Waals surface area contributed by atoms with Gasteiger partial charge < -0.3 is 15.3 Å². The molecule has 4 nitrogen and oxygen atoms in total. The van der Waals surface area contributed by atoms with E-state index in [1.807, 2.05) is 0 Å². The van der Waals surface area contributed by atoms with Gasteiger partial charge in [0.25, 0.3) is 0 Å². The zero-order valence-corrected chi connectivity index (χ0v) is 6.84. The second-order valence-electron chi connectivity index (χ2n) is 2.04. The predicted octanol–water partition coefficient (Wildman–Crippen LogP) is -0.563. The lowest BCUT2D eigenvalue weighted by Gasteiger charge is -2.20. The summed E-state index contributed by atoms with van der Waals surface area (Å²) in [7, 11) is 0. The fourth-order valence-corrected chi connectivity index (χ4v) is 0.921. The van der Waals surface area contributed by atoms with E-state index in [9.17, 15) is 4.79 Å². The molecule has 0 aromatic heterocycles. The van der Waals surface area contributed by atoms with Gasteiger partial charge in [0, 0.05) is 5.33 Å². The summed E-state index contributed by atoms with van der Waals surface area (Å²) in [6.45, 7) is -1.13. The average Bonchev–Trinajstić information content (AvgIpc) is 1.92. The lowest BCUT2D eigenvalue weighted by molar-refractivity contribution is -0.152. The molecule has 3 N–H and O–H groups in total. The number of hydrogen-bond donors (Lipinski definition) is 3. The van der Waals surface area contributed by atoms with Gasteiger partial charge in [-0.1, -0.05) is 15.9 Å². The van der Waals surface area contributed by atoms with Crippen molar-refractivity contribution in [2.45, 2.75) is 0 Å². The van der Waals surface area contributed by atoms with Crippen LogP contribution in [0.2, 0.25) is 0 Å². The van der Waals surface area contributed by atoms with Crippen LogP contribution in [0.3, 0.4) is 0 Å². The molecule has 0 aromatic rings. The molecule has 0 atom stereocenters. The van der Waals surface area contributed by atoms with Gasteiger partial charge in [-0.15, -0.1) is 0 Å². The van der Waals surface area contributed by atoms with Crippen molar-refractivity contribution in [2.75, 3.05) is 18.5 Å². The maximum absolute atomic E-state index is 10.4. The molecule has 0 spiro atoms. The van der Waals surface area contributed by atoms with E-state index in [1.54, 1.807) is 0 Å². The van der Waals surface area contributed by atoms with Crippen LogP contribution in [0.5, 0.6) is 0 Å². The Balaban J connectivity index is 4.31. The van der Waals surface area contributed by atoms with Crippen molar-refractivity contribution in [1.82, 2.24) is 0 Å². The highest BCUT2D eigenvalue weighted by Crippen LogP contribution is 2.18. The number of aliphatic carboxylic acids is 1. The van der Waals surface area contributed by atoms with E-state index in [-0.39, 0.29) is 5.33 Å². The van der Waals surface area contributed by atoms with Crippen molar-refractivity contribution in [2.24, 2.45) is 5.41 Å². The summed E-state index contributed by atoms with van der Waals surface area (Å²) in [6.07, 6.45) is 0. The summed E-state index contributed by atoms with van der Waals surface area (Å²) in [4.78, 5) is 10.4. The lowest BCUT2D eigenvalue weighted by Crippen LogP contribution is -2.40. The number of rotatable bonds is 4. The first-order chi connectivity index (χ1) is 4.63. The Bertz CT molecular complexity index is 113. The SMILES string of the molecule is O=C(O)C(CO)(CO)CBr. The van der Waals surface area contributed by atoms with Gasteiger partial charge in [0.05, 0.1) is 13.2 Å². The summed E-state index contributed by atoms with van der Waals surface area (Å²) >= 11 is 2.89. The van der Waals surface area contributed by atoms with Crippen LogP contribution in [0.15, 0.2) is 0 Å². The Morgan fingerprint density at radius 2 is 1.80 bits per heavy atom. The molecule has 0 aliphatic heterocycles. The third kappa shape index (κ3) is 1.68. The standard InChI is InChI=1S/C5H9BrO4/c6-1-5(2-7,3-8)4(9)10/h7-8H,1-3H2,(H,9,10). The van der Waals surface area contributed by atoms with Gasteiger partial charge in [0.15, 0.2) is 0 Å². The molecule has 0 unspecified atom stereocenters. The molecule has 0 saturated carbocycles. The molecule has 0 radical (unpaired) electrons. The molecule has 0 aliphatic carbocycles. The van der Waals surface area contributed by atoms with Crippen molar-refractivity contribution in [3.63, 3.8) is 0 Å². The van der Waals surface area contributed by atoms with Crippen molar-refractivity contribution in [3.8, 4) is 0 Å². The molecular weight excluding hydrogens is 204 g/mol. The minimum atomic E-state index is -1.43. The van der Waals surface area contributed by atoms with Crippen LogP contribution in [0, 0.1) is 5.41 Å². The van der Waals surface area contributed by atoms with Crippen LogP contribution in [0.25, 0.3) is 0 Å². The molecule has 60 valence electrons. The number of halogens is 1. The minimum Gasteiger partial charge on any atom is -0.481 e. The van der Waals surface area contributed by atoms with Crippen molar-refractivity contribution >= 4 is 21.9 Å². The number of aliphatic hydroxyl groups excluding tert-OH is 2. The number of carboxylic acid groups (broad SMARTS) is 1. The Morgan fingerprint density at radius 1 is 1.40 bits per heavy atom. The molecule has 0 heterocycles. The molecule has 0 aromatic carbocycles. The van der Waals surface area contributed by atoms with Crippen LogP contribution in [-0.2, 0) is 4.79 Å². The van der Waals surface area contributed by atoms with Gasteiger partial charge in [-0.3, -0.25) is 4.79 Å². The van der Waals surface area contributed by atoms with Crippen molar-refractivity contribution in [3.05, 3.63) is 0 Å². The number of carboxylic acids is 1. The number of carbonyl (C=O) groups is 1. The van der Waals surface area contributed by atoms with Crippen LogP contribution in [0.1, 0.15) is 0 Å². The third-order valence-corrected chi connectivity index (χ3v) is 2.39. The second kappa shape index (κ2) is 3.90. The summed E-state index contributed by atoms with van der Waals surface area (Å²) in [5.74, 6) is -1.20. The Hall–Kier alpha value is -0.130. The van der Waals surface area contributed by atoms with Gasteiger partial charge in [0.2, 0.25) is 0 Å². The smallest absolute Gasteiger partial charge is 0.315 e. The molecule has 0 amide bonds. The maximum Gasteiger partial charge on any atom is 0.315 e. The van der Waals surface area contributed by atoms with E-state index in [0.717, 1.165) is 0 Å². The van der Waals surface area contributed by atoms with Crippen molar-refractivity contribution in [1.29, 1.82) is 0 Å². The highest BCUT2D eigenvalue weighted by Gasteiger charge is 2.36. The van der Waals surface area contributed by atoms with Crippen LogP contribution in [0.4, 0.5) is 0 Å². The second-order valence-corrected chi connectivity index (χ2v) is 2.60. The maximum atomic E-state index is 10.4. The normalized spacial score (nSPS) is 11.5. The number of aliphatic hydroxyl groups is 2. The summed E-state index contributed by atoms with van der Waals surface area (Å²) in [5.41, 5.74) is -1.43. The monoisotopic (exact) mass is 212 g/mol. The predicted molar refractivity (Wildman–Crippen MR) is 38.0 cm³/mol. The van der Waals surface area contributed by atoms with E-state index in [1.165, 1.54) is 0 Å². The van der Waals surface area contributed by atoms with Gasteiger partial charge >= 0.3 is 5.97 Å². The van der Waals surface area contributed by atoms with E-state index in [4.69, 9.17) is 15.3 Å². The van der Waals surface area contributed by atoms with E-state index >= 15 is 0 Å². The van der Waals surface area contributed by atoms with E-state index in [2.05, 4.69) is 15.9 Å². The Morgan fingerprint density at radius 3 is 1.80 bits per heavy atom. The van der Waals surface area contributed by atoms with Gasteiger partial charge in [-0.25, -0.2) is 0 Å². The first kappa shape index (κ1) is 9.87. The summed E-state index contributed by atoms with van der Waals surface area (Å²) in [6, 6.07) is 0. The Kier molecular flexibility index (Phi) is 3.85. The van der Waals surface area contributed by atoms with E-state index < -0.39 is 24.6 Å². The molecule has 0 fully saturated rings. The van der Waals surface area contributed by atoms with Crippen molar-refractivity contribution < 1.29 is 20.1 Å². The summed E-state index contributed by atoms with van der Waals surface area (Å²) in [5, 5.41) is 25.7. The lowest BCUT2D eigenvalue weighted by atomic mass is 9.94. The molecular formula is C5H9BrO4. The average molecular weight is 213 g/mol. The molecule has 0 bridgehead atoms. The Labute approximate surface area is 66.6 Å². The first-order valence-corrected chi connectivity index (χ1v) is 3.76.